The van der Waals surface area contributed by atoms with Crippen molar-refractivity contribution >= 4 is 55.7 Å². The van der Waals surface area contributed by atoms with E-state index in [1.54, 1.807) is 18.2 Å². The molecule has 0 amide bonds. The normalized spacial score (nSPS) is 19.4. The number of ether oxygens (including phenoxy) is 1. The van der Waals surface area contributed by atoms with E-state index in [0.29, 0.717) is 27.9 Å². The van der Waals surface area contributed by atoms with Crippen LogP contribution in [0.15, 0.2) is 46.7 Å². The molecule has 1 aromatic carbocycles. The zero-order chi connectivity index (χ0) is 22.2. The van der Waals surface area contributed by atoms with Crippen LogP contribution >= 0.6 is 34.3 Å². The summed E-state index contributed by atoms with van der Waals surface area (Å²) in [6, 6.07) is 13.4. The SMILES string of the molecule is COc1ccc(N2C[C@@H](C)N[C@@H](C)C2)cc1NS(=O)(=O)c1ccc(-c2ccc(Cl)s2)s1. The molecule has 31 heavy (non-hydrogen) atoms. The smallest absolute Gasteiger partial charge is 0.271 e. The van der Waals surface area contributed by atoms with E-state index in [1.165, 1.54) is 29.8 Å². The number of methoxy groups -OCH3 is 1. The van der Waals surface area contributed by atoms with Gasteiger partial charge < -0.3 is 15.0 Å². The predicted molar refractivity (Wildman–Crippen MR) is 131 cm³/mol. The number of hydrogen-bond acceptors (Lipinski definition) is 7. The van der Waals surface area contributed by atoms with Gasteiger partial charge in [0.05, 0.1) is 17.1 Å². The third kappa shape index (κ3) is 5.01. The summed E-state index contributed by atoms with van der Waals surface area (Å²) in [5.74, 6) is 0.477. The molecular formula is C21H24ClN3O3S3. The second-order valence-electron chi connectivity index (χ2n) is 7.59. The Morgan fingerprint density at radius 1 is 1.06 bits per heavy atom. The summed E-state index contributed by atoms with van der Waals surface area (Å²) in [5, 5.41) is 3.51. The molecule has 2 atom stereocenters. The maximum atomic E-state index is 13.1. The summed E-state index contributed by atoms with van der Waals surface area (Å²) in [4.78, 5) is 4.06. The Labute approximate surface area is 195 Å². The number of sulfonamides is 1. The average Bonchev–Trinajstić information content (AvgIpc) is 3.36. The first-order valence-corrected chi connectivity index (χ1v) is 13.3. The van der Waals surface area contributed by atoms with Crippen LogP contribution in [0.4, 0.5) is 11.4 Å². The second kappa shape index (κ2) is 8.99. The lowest BCUT2D eigenvalue weighted by Gasteiger charge is -2.38. The van der Waals surface area contributed by atoms with E-state index in [-0.39, 0.29) is 4.21 Å². The molecule has 3 heterocycles. The van der Waals surface area contributed by atoms with Gasteiger partial charge in [-0.1, -0.05) is 11.6 Å². The molecule has 0 unspecified atom stereocenters. The molecule has 6 nitrogen and oxygen atoms in total. The van der Waals surface area contributed by atoms with Gasteiger partial charge in [-0.3, -0.25) is 4.72 Å². The maximum Gasteiger partial charge on any atom is 0.271 e. The Kier molecular flexibility index (Phi) is 6.50. The fraction of sp³-hybridized carbons (Fsp3) is 0.333. The quantitative estimate of drug-likeness (QED) is 0.494. The minimum atomic E-state index is -3.77. The first kappa shape index (κ1) is 22.4. The van der Waals surface area contributed by atoms with Crippen molar-refractivity contribution in [3.8, 4) is 15.5 Å². The van der Waals surface area contributed by atoms with E-state index in [9.17, 15) is 8.42 Å². The van der Waals surface area contributed by atoms with Crippen LogP contribution in [0.1, 0.15) is 13.8 Å². The maximum absolute atomic E-state index is 13.1. The highest BCUT2D eigenvalue weighted by molar-refractivity contribution is 7.94. The van der Waals surface area contributed by atoms with Gasteiger partial charge in [-0.25, -0.2) is 8.42 Å². The molecule has 1 fully saturated rings. The lowest BCUT2D eigenvalue weighted by atomic mass is 10.1. The Bertz CT molecular complexity index is 1170. The number of nitrogens with zero attached hydrogens (tertiary/aromatic N) is 1. The van der Waals surface area contributed by atoms with E-state index >= 15 is 0 Å². The van der Waals surface area contributed by atoms with Crippen molar-refractivity contribution in [1.29, 1.82) is 0 Å². The van der Waals surface area contributed by atoms with Crippen molar-refractivity contribution in [2.75, 3.05) is 29.8 Å². The van der Waals surface area contributed by atoms with Crippen LogP contribution in [0.25, 0.3) is 9.75 Å². The van der Waals surface area contributed by atoms with Crippen LogP contribution < -0.4 is 19.7 Å². The topological polar surface area (TPSA) is 70.7 Å². The van der Waals surface area contributed by atoms with Crippen molar-refractivity contribution in [1.82, 2.24) is 5.32 Å². The first-order chi connectivity index (χ1) is 14.7. The van der Waals surface area contributed by atoms with E-state index in [0.717, 1.165) is 28.5 Å². The van der Waals surface area contributed by atoms with Crippen molar-refractivity contribution in [2.24, 2.45) is 0 Å². The molecule has 2 aromatic heterocycles. The molecule has 10 heteroatoms. The minimum absolute atomic E-state index is 0.240. The van der Waals surface area contributed by atoms with Crippen LogP contribution in [-0.2, 0) is 10.0 Å². The number of piperazine rings is 1. The highest BCUT2D eigenvalue weighted by atomic mass is 35.5. The molecule has 0 aliphatic carbocycles. The minimum Gasteiger partial charge on any atom is -0.495 e. The molecule has 2 N–H and O–H groups in total. The molecule has 1 saturated heterocycles. The fourth-order valence-electron chi connectivity index (χ4n) is 3.75. The summed E-state index contributed by atoms with van der Waals surface area (Å²) < 4.78 is 35.3. The summed E-state index contributed by atoms with van der Waals surface area (Å²) >= 11 is 8.65. The number of nitrogens with one attached hydrogen (secondary N) is 2. The fourth-order valence-corrected chi connectivity index (χ4v) is 7.25. The zero-order valence-electron chi connectivity index (χ0n) is 17.4. The summed E-state index contributed by atoms with van der Waals surface area (Å²) in [7, 11) is -2.23. The third-order valence-corrected chi connectivity index (χ3v) is 9.38. The number of anilines is 2. The van der Waals surface area contributed by atoms with E-state index < -0.39 is 10.0 Å². The van der Waals surface area contributed by atoms with Crippen LogP contribution in [0.3, 0.4) is 0 Å². The van der Waals surface area contributed by atoms with Gasteiger partial charge >= 0.3 is 0 Å². The van der Waals surface area contributed by atoms with E-state index in [1.807, 2.05) is 24.3 Å². The Balaban J connectivity index is 1.61. The van der Waals surface area contributed by atoms with Crippen molar-refractivity contribution in [2.45, 2.75) is 30.1 Å². The predicted octanol–water partition coefficient (Wildman–Crippen LogP) is 5.13. The number of benzene rings is 1. The molecule has 1 aliphatic heterocycles. The van der Waals surface area contributed by atoms with Gasteiger partial charge in [-0.05, 0) is 56.3 Å². The Morgan fingerprint density at radius 2 is 1.74 bits per heavy atom. The second-order valence-corrected chi connectivity index (χ2v) is 12.3. The average molecular weight is 498 g/mol. The zero-order valence-corrected chi connectivity index (χ0v) is 20.6. The monoisotopic (exact) mass is 497 g/mol. The summed E-state index contributed by atoms with van der Waals surface area (Å²) in [5.41, 5.74) is 1.38. The molecule has 0 saturated carbocycles. The molecule has 3 aromatic rings. The molecule has 0 spiro atoms. The number of hydrogen-bond donors (Lipinski definition) is 2. The van der Waals surface area contributed by atoms with E-state index in [2.05, 4.69) is 28.8 Å². The van der Waals surface area contributed by atoms with Gasteiger partial charge in [0.15, 0.2) is 0 Å². The number of thiophene rings is 2. The van der Waals surface area contributed by atoms with Gasteiger partial charge in [0.1, 0.15) is 9.96 Å². The first-order valence-electron chi connectivity index (χ1n) is 9.82. The molecule has 0 radical (unpaired) electrons. The van der Waals surface area contributed by atoms with E-state index in [4.69, 9.17) is 16.3 Å². The van der Waals surface area contributed by atoms with Crippen LogP contribution in [0.2, 0.25) is 4.34 Å². The summed E-state index contributed by atoms with van der Waals surface area (Å²) in [6.45, 7) is 5.98. The molecule has 1 aliphatic rings. The molecule has 166 valence electrons. The largest absolute Gasteiger partial charge is 0.495 e. The van der Waals surface area contributed by atoms with Gasteiger partial charge in [-0.15, -0.1) is 22.7 Å². The number of rotatable bonds is 6. The molecule has 4 rings (SSSR count). The highest BCUT2D eigenvalue weighted by Crippen LogP contribution is 2.38. The van der Waals surface area contributed by atoms with Gasteiger partial charge in [0.25, 0.3) is 10.0 Å². The Hall–Kier alpha value is -1.78. The standard InChI is InChI=1S/C21H24ClN3O3S3/c1-13-11-25(12-14(2)23-13)15-4-5-17(28-3)16(10-15)24-31(26,27)21-9-7-19(30-21)18-6-8-20(22)29-18/h4-10,13-14,23-24H,11-12H2,1-3H3/t13-,14+. The third-order valence-electron chi connectivity index (χ3n) is 5.01. The number of halogens is 1. The van der Waals surface area contributed by atoms with Gasteiger partial charge in [0, 0.05) is 40.6 Å². The lowest BCUT2D eigenvalue weighted by Crippen LogP contribution is -2.54. The highest BCUT2D eigenvalue weighted by Gasteiger charge is 2.24. The van der Waals surface area contributed by atoms with Crippen LogP contribution in [0, 0.1) is 0 Å². The molecule has 0 bridgehead atoms. The van der Waals surface area contributed by atoms with Crippen LogP contribution in [-0.4, -0.2) is 40.7 Å². The molecular weight excluding hydrogens is 474 g/mol. The van der Waals surface area contributed by atoms with Crippen molar-refractivity contribution in [3.05, 3.63) is 46.8 Å². The van der Waals surface area contributed by atoms with Gasteiger partial charge in [0.2, 0.25) is 0 Å². The summed E-state index contributed by atoms with van der Waals surface area (Å²) in [6.07, 6.45) is 0. The Morgan fingerprint density at radius 3 is 2.39 bits per heavy atom. The van der Waals surface area contributed by atoms with Gasteiger partial charge in [-0.2, -0.15) is 0 Å². The van der Waals surface area contributed by atoms with Crippen molar-refractivity contribution < 1.29 is 13.2 Å². The van der Waals surface area contributed by atoms with Crippen LogP contribution in [0.5, 0.6) is 5.75 Å². The lowest BCUT2D eigenvalue weighted by molar-refractivity contribution is 0.406. The van der Waals surface area contributed by atoms with Crippen molar-refractivity contribution in [3.63, 3.8) is 0 Å².